The highest BCUT2D eigenvalue weighted by Crippen LogP contribution is 2.38. The van der Waals surface area contributed by atoms with Crippen molar-refractivity contribution in [3.05, 3.63) is 41.4 Å². The molecule has 78 valence electrons. The second-order valence-corrected chi connectivity index (χ2v) is 4.91. The molecule has 1 aliphatic rings. The molecule has 0 saturated heterocycles. The zero-order valence-electron chi connectivity index (χ0n) is 7.99. The number of hydrogen-bond donors (Lipinski definition) is 2. The first-order chi connectivity index (χ1) is 7.18. The van der Waals surface area contributed by atoms with E-state index in [1.807, 2.05) is 24.3 Å². The number of benzene rings is 1. The number of nitrogens with two attached hydrogens (primary N) is 1. The Labute approximate surface area is 88.0 Å². The zero-order valence-corrected chi connectivity index (χ0v) is 8.99. The van der Waals surface area contributed by atoms with Gasteiger partial charge in [-0.1, -0.05) is 18.2 Å². The second kappa shape index (κ2) is 3.91. The molecule has 0 bridgehead atoms. The van der Waals surface area contributed by atoms with Crippen molar-refractivity contribution in [3.63, 3.8) is 0 Å². The zero-order chi connectivity index (χ0) is 10.8. The highest BCUT2D eigenvalue weighted by Gasteiger charge is 2.18. The molecule has 2 rings (SSSR count). The molecule has 5 heteroatoms. The third-order valence-electron chi connectivity index (χ3n) is 2.17. The van der Waals surface area contributed by atoms with Crippen LogP contribution in [-0.2, 0) is 11.0 Å². The Balaban J connectivity index is 2.27. The number of rotatable bonds is 2. The number of para-hydroxylation sites is 1. The van der Waals surface area contributed by atoms with Gasteiger partial charge in [-0.3, -0.25) is 5.41 Å². The molecule has 1 atom stereocenters. The molecule has 15 heavy (non-hydrogen) atoms. The summed E-state index contributed by atoms with van der Waals surface area (Å²) in [7, 11) is -2.40. The van der Waals surface area contributed by atoms with Gasteiger partial charge >= 0.3 is 0 Å². The summed E-state index contributed by atoms with van der Waals surface area (Å²) in [5, 5.41) is 7.11. The quantitative estimate of drug-likeness (QED) is 0.456. The predicted octanol–water partition coefficient (Wildman–Crippen LogP) is 1.92. The van der Waals surface area contributed by atoms with Gasteiger partial charge in [0.15, 0.2) is 18.9 Å². The third-order valence-corrected chi connectivity index (χ3v) is 3.41. The topological polar surface area (TPSA) is 76.2 Å². The van der Waals surface area contributed by atoms with Crippen LogP contribution in [0.3, 0.4) is 0 Å². The fraction of sp³-hybridized carbons (Fsp3) is 0.100. The van der Waals surface area contributed by atoms with E-state index in [1.165, 1.54) is 0 Å². The Morgan fingerprint density at radius 3 is 2.93 bits per heavy atom. The van der Waals surface area contributed by atoms with Gasteiger partial charge < -0.3 is 15.0 Å². The van der Waals surface area contributed by atoms with Crippen molar-refractivity contribution >= 4 is 13.4 Å². The van der Waals surface area contributed by atoms with Crippen LogP contribution in [0.1, 0.15) is 5.56 Å². The number of hydrogen-bond acceptors (Lipinski definition) is 3. The Hall–Kier alpha value is -1.54. The largest absolute Gasteiger partial charge is 0.454 e. The van der Waals surface area contributed by atoms with Crippen molar-refractivity contribution in [3.8, 4) is 5.75 Å². The summed E-state index contributed by atoms with van der Waals surface area (Å²) in [4.78, 5) is 0. The summed E-state index contributed by atoms with van der Waals surface area (Å²) in [5.74, 6) is 0.703. The van der Waals surface area contributed by atoms with Crippen molar-refractivity contribution in [2.24, 2.45) is 5.73 Å². The Morgan fingerprint density at radius 1 is 1.47 bits per heavy atom. The van der Waals surface area contributed by atoms with Crippen LogP contribution in [0.25, 0.3) is 0 Å². The van der Waals surface area contributed by atoms with Gasteiger partial charge in [0, 0.05) is 0 Å². The van der Waals surface area contributed by atoms with E-state index in [0.29, 0.717) is 17.7 Å². The van der Waals surface area contributed by atoms with Crippen molar-refractivity contribution in [1.29, 1.82) is 5.41 Å². The fourth-order valence-corrected chi connectivity index (χ4v) is 2.16. The number of allylic oxidation sites excluding steroid dienone is 1. The van der Waals surface area contributed by atoms with Crippen LogP contribution < -0.4 is 10.5 Å². The molecule has 0 aliphatic carbocycles. The van der Waals surface area contributed by atoms with E-state index in [-0.39, 0.29) is 5.58 Å². The van der Waals surface area contributed by atoms with Gasteiger partial charge in [-0.15, -0.1) is 0 Å². The maximum atomic E-state index is 11.6. The first kappa shape index (κ1) is 9.99. The molecule has 4 nitrogen and oxygen atoms in total. The van der Waals surface area contributed by atoms with Crippen LogP contribution in [0, 0.1) is 5.41 Å². The highest BCUT2D eigenvalue weighted by molar-refractivity contribution is 7.67. The van der Waals surface area contributed by atoms with Crippen molar-refractivity contribution in [2.45, 2.75) is 6.42 Å². The van der Waals surface area contributed by atoms with Gasteiger partial charge in [-0.25, -0.2) is 0 Å². The molecule has 0 amide bonds. The minimum Gasteiger partial charge on any atom is -0.454 e. The molecule has 0 radical (unpaired) electrons. The molecular formula is C10H11N2O2P. The molecular weight excluding hydrogens is 211 g/mol. The summed E-state index contributed by atoms with van der Waals surface area (Å²) in [6.45, 7) is 0. The molecule has 0 saturated carbocycles. The monoisotopic (exact) mass is 222 g/mol. The first-order valence-corrected chi connectivity index (χ1v) is 5.94. The maximum Gasteiger partial charge on any atom is 0.198 e. The fourth-order valence-electron chi connectivity index (χ4n) is 1.41. The van der Waals surface area contributed by atoms with Crippen molar-refractivity contribution in [2.75, 3.05) is 0 Å². The minimum absolute atomic E-state index is 0.314. The van der Waals surface area contributed by atoms with Crippen LogP contribution in [-0.4, -0.2) is 5.58 Å². The average molecular weight is 222 g/mol. The Morgan fingerprint density at radius 2 is 2.20 bits per heavy atom. The summed E-state index contributed by atoms with van der Waals surface area (Å²) in [6.07, 6.45) is 2.40. The van der Waals surface area contributed by atoms with E-state index in [9.17, 15) is 4.57 Å². The molecule has 1 heterocycles. The van der Waals surface area contributed by atoms with Crippen LogP contribution in [0.4, 0.5) is 0 Å². The Kier molecular flexibility index (Phi) is 2.60. The van der Waals surface area contributed by atoms with E-state index < -0.39 is 7.80 Å². The first-order valence-electron chi connectivity index (χ1n) is 4.53. The molecule has 0 fully saturated rings. The number of fused-ring (bicyclic) bond motifs is 1. The van der Waals surface area contributed by atoms with E-state index in [4.69, 9.17) is 15.9 Å². The van der Waals surface area contributed by atoms with Crippen LogP contribution >= 0.6 is 7.80 Å². The summed E-state index contributed by atoms with van der Waals surface area (Å²) in [6, 6.07) is 7.55. The van der Waals surface area contributed by atoms with Crippen molar-refractivity contribution < 1.29 is 9.30 Å². The Bertz CT molecular complexity index is 468. The van der Waals surface area contributed by atoms with Gasteiger partial charge in [-0.05, 0) is 24.1 Å². The van der Waals surface area contributed by atoms with Gasteiger partial charge in [0.2, 0.25) is 0 Å². The summed E-state index contributed by atoms with van der Waals surface area (Å²) < 4.78 is 17.0. The number of ether oxygens (including phenoxy) is 1. The lowest BCUT2D eigenvalue weighted by molar-refractivity contribution is 0.440. The highest BCUT2D eigenvalue weighted by atomic mass is 31.1. The molecule has 1 aromatic rings. The third kappa shape index (κ3) is 1.95. The summed E-state index contributed by atoms with van der Waals surface area (Å²) in [5.41, 5.74) is 6.25. The molecule has 1 unspecified atom stereocenters. The molecule has 0 aromatic heterocycles. The number of nitrogens with one attached hydrogen (secondary N) is 1. The minimum atomic E-state index is -2.40. The predicted molar refractivity (Wildman–Crippen MR) is 59.8 cm³/mol. The molecule has 1 aromatic carbocycles. The van der Waals surface area contributed by atoms with E-state index >= 15 is 0 Å². The van der Waals surface area contributed by atoms with Crippen LogP contribution in [0.5, 0.6) is 5.75 Å². The van der Waals surface area contributed by atoms with Crippen LogP contribution in [0.2, 0.25) is 0 Å². The molecule has 3 N–H and O–H groups in total. The van der Waals surface area contributed by atoms with Crippen LogP contribution in [0.15, 0.2) is 35.8 Å². The maximum absolute atomic E-state index is 11.6. The van der Waals surface area contributed by atoms with Crippen molar-refractivity contribution in [1.82, 2.24) is 0 Å². The molecule has 1 aliphatic heterocycles. The van der Waals surface area contributed by atoms with Gasteiger partial charge in [0.25, 0.3) is 0 Å². The van der Waals surface area contributed by atoms with E-state index in [1.54, 1.807) is 6.08 Å². The van der Waals surface area contributed by atoms with E-state index in [0.717, 1.165) is 5.56 Å². The standard InChI is InChI=1S/C10H11N2O2P/c11-10(12)15(13)9-6-5-7-3-1-2-4-8(7)14-9/h1-4,6,15H,5H2,(H3,11,12). The van der Waals surface area contributed by atoms with Gasteiger partial charge in [0.1, 0.15) is 5.75 Å². The average Bonchev–Trinajstić information content (AvgIpc) is 2.27. The lowest BCUT2D eigenvalue weighted by Crippen LogP contribution is -2.09. The van der Waals surface area contributed by atoms with E-state index in [2.05, 4.69) is 0 Å². The van der Waals surface area contributed by atoms with Gasteiger partial charge in [-0.2, -0.15) is 0 Å². The number of amidine groups is 1. The lowest BCUT2D eigenvalue weighted by atomic mass is 10.1. The smallest absolute Gasteiger partial charge is 0.198 e. The normalized spacial score (nSPS) is 15.9. The van der Waals surface area contributed by atoms with Gasteiger partial charge in [0.05, 0.1) is 0 Å². The SMILES string of the molecule is N=C(N)[PH](=O)C1=CCc2ccccc2O1. The lowest BCUT2D eigenvalue weighted by Gasteiger charge is -2.17. The molecule has 0 spiro atoms. The summed E-state index contributed by atoms with van der Waals surface area (Å²) >= 11 is 0. The second-order valence-electron chi connectivity index (χ2n) is 3.23.